The molecule has 0 spiro atoms. The Kier molecular flexibility index (Phi) is 14.5. The van der Waals surface area contributed by atoms with Crippen LogP contribution in [0.25, 0.3) is 11.3 Å². The summed E-state index contributed by atoms with van der Waals surface area (Å²) in [6.45, 7) is 12.3. The number of imide groups is 2. The fourth-order valence-corrected chi connectivity index (χ4v) is 10.4. The molecule has 5 aliphatic heterocycles. The Morgan fingerprint density at radius 2 is 1.51 bits per heavy atom. The molecule has 10 rings (SSSR count). The van der Waals surface area contributed by atoms with Crippen molar-refractivity contribution in [3.8, 4) is 28.5 Å². The maximum atomic E-state index is 13.5. The second-order valence-electron chi connectivity index (χ2n) is 19.3. The molecule has 382 valence electrons. The molecule has 2 unspecified atom stereocenters. The second-order valence-corrected chi connectivity index (χ2v) is 19.3. The molecule has 0 aliphatic carbocycles. The van der Waals surface area contributed by atoms with Gasteiger partial charge in [0, 0.05) is 114 Å². The first-order valence-corrected chi connectivity index (χ1v) is 25.3. The number of nitrogens with one attached hydrogen (secondary N) is 1. The number of aromatic hydroxyl groups is 1. The van der Waals surface area contributed by atoms with Gasteiger partial charge in [-0.15, -0.1) is 15.3 Å². The van der Waals surface area contributed by atoms with Crippen molar-refractivity contribution >= 4 is 46.7 Å². The minimum absolute atomic E-state index is 0.0374. The van der Waals surface area contributed by atoms with Crippen LogP contribution in [0.3, 0.4) is 0 Å². The van der Waals surface area contributed by atoms with E-state index in [0.29, 0.717) is 55.3 Å². The van der Waals surface area contributed by atoms with E-state index in [0.717, 1.165) is 88.8 Å². The van der Waals surface area contributed by atoms with Crippen molar-refractivity contribution in [3.63, 3.8) is 0 Å². The number of phenolic OH excluding ortho intramolecular Hbond substituents is 1. The standard InChI is InChI=1S/C52H61N13O8/c1-34(72-44-11-4-9-39-48(44)52(71)65(51(39)70)42-16-17-46(67)54-50(42)69)41-33-64(58-56-41)21-6-19-59-25-29-62(30-26-59)47(68)18-22-60-23-27-61(28-24-60)35-12-14-36(15-13-35)63-20-5-7-37(32-63)73-45-31-40(55-57-49(45)53)38-8-2-3-10-43(38)66/h2-4,8-15,31,33-34,37,42,66H,5-7,16-30,32H2,1H3,(H2,53,57)(H,54,67,69)/t34?,37-,42?/m0/s1. The van der Waals surface area contributed by atoms with Gasteiger partial charge < -0.3 is 35.0 Å². The fourth-order valence-electron chi connectivity index (χ4n) is 10.4. The number of benzene rings is 3. The molecule has 5 aliphatic rings. The second kappa shape index (κ2) is 21.6. The van der Waals surface area contributed by atoms with Crippen LogP contribution in [-0.4, -0.2) is 170 Å². The van der Waals surface area contributed by atoms with E-state index in [9.17, 15) is 29.1 Å². The van der Waals surface area contributed by atoms with Crippen LogP contribution >= 0.6 is 0 Å². The van der Waals surface area contributed by atoms with E-state index in [1.54, 1.807) is 48.0 Å². The van der Waals surface area contributed by atoms with Crippen molar-refractivity contribution in [3.05, 3.63) is 95.8 Å². The number of hydrogen-bond acceptors (Lipinski definition) is 17. The average molecular weight is 996 g/mol. The molecule has 21 heteroatoms. The molecule has 0 saturated carbocycles. The molecule has 3 atom stereocenters. The molecule has 5 amide bonds. The molecule has 0 radical (unpaired) electrons. The number of anilines is 3. The molecule has 4 saturated heterocycles. The van der Waals surface area contributed by atoms with E-state index < -0.39 is 35.8 Å². The lowest BCUT2D eigenvalue weighted by Crippen LogP contribution is -2.54. The van der Waals surface area contributed by atoms with Crippen LogP contribution in [0.2, 0.25) is 0 Å². The highest BCUT2D eigenvalue weighted by atomic mass is 16.5. The number of carbonyl (C=O) groups excluding carboxylic acids is 5. The van der Waals surface area contributed by atoms with Gasteiger partial charge in [0.25, 0.3) is 11.8 Å². The van der Waals surface area contributed by atoms with Gasteiger partial charge in [0.2, 0.25) is 17.7 Å². The Balaban J connectivity index is 0.614. The predicted molar refractivity (Wildman–Crippen MR) is 269 cm³/mol. The zero-order valence-electron chi connectivity index (χ0n) is 41.0. The van der Waals surface area contributed by atoms with Crippen molar-refractivity contribution in [2.75, 3.05) is 94.1 Å². The molecule has 0 bridgehead atoms. The third kappa shape index (κ3) is 10.9. The average Bonchev–Trinajstić information content (AvgIpc) is 3.99. The molecule has 21 nitrogen and oxygen atoms in total. The van der Waals surface area contributed by atoms with Crippen LogP contribution in [0.1, 0.15) is 78.0 Å². The maximum absolute atomic E-state index is 13.5. The number of piperazine rings is 2. The largest absolute Gasteiger partial charge is 0.507 e. The van der Waals surface area contributed by atoms with Gasteiger partial charge in [-0.3, -0.25) is 48.7 Å². The fraction of sp³-hybridized carbons (Fsp3) is 0.442. The number of amides is 5. The smallest absolute Gasteiger partial charge is 0.266 e. The minimum Gasteiger partial charge on any atom is -0.507 e. The summed E-state index contributed by atoms with van der Waals surface area (Å²) in [4.78, 5) is 76.7. The van der Waals surface area contributed by atoms with E-state index >= 15 is 0 Å². The van der Waals surface area contributed by atoms with Crippen LogP contribution in [0.5, 0.6) is 17.2 Å². The van der Waals surface area contributed by atoms with Gasteiger partial charge >= 0.3 is 0 Å². The third-order valence-corrected chi connectivity index (χ3v) is 14.5. The number of phenols is 1. The van der Waals surface area contributed by atoms with Crippen molar-refractivity contribution < 1.29 is 38.6 Å². The van der Waals surface area contributed by atoms with Gasteiger partial charge in [-0.05, 0) is 81.1 Å². The number of nitrogen functional groups attached to an aromatic ring is 1. The predicted octanol–water partition coefficient (Wildman–Crippen LogP) is 3.36. The number of carbonyl (C=O) groups is 5. The zero-order chi connectivity index (χ0) is 50.6. The normalized spacial score (nSPS) is 20.3. The van der Waals surface area contributed by atoms with E-state index in [2.05, 4.69) is 69.7 Å². The number of hydrogen-bond donors (Lipinski definition) is 3. The number of nitrogens with two attached hydrogens (primary N) is 1. The lowest BCUT2D eigenvalue weighted by atomic mass is 10.0. The summed E-state index contributed by atoms with van der Waals surface area (Å²) in [5, 5.41) is 29.4. The van der Waals surface area contributed by atoms with Crippen LogP contribution in [-0.2, 0) is 20.9 Å². The first kappa shape index (κ1) is 49.0. The molecule has 2 aromatic heterocycles. The number of rotatable bonds is 16. The molecular weight excluding hydrogens is 935 g/mol. The number of aryl methyl sites for hydroxylation is 1. The van der Waals surface area contributed by atoms with Gasteiger partial charge in [0.15, 0.2) is 11.6 Å². The molecular formula is C52H61N13O8. The highest BCUT2D eigenvalue weighted by molar-refractivity contribution is 6.24. The van der Waals surface area contributed by atoms with E-state index in [-0.39, 0.29) is 53.3 Å². The number of fused-ring (bicyclic) bond motifs is 1. The van der Waals surface area contributed by atoms with Gasteiger partial charge in [-0.2, -0.15) is 0 Å². The quantitative estimate of drug-likeness (QED) is 0.120. The number of aromatic nitrogens is 5. The molecule has 5 aromatic rings. The minimum atomic E-state index is -1.07. The van der Waals surface area contributed by atoms with Gasteiger partial charge in [0.1, 0.15) is 41.1 Å². The van der Waals surface area contributed by atoms with Crippen LogP contribution < -0.4 is 30.3 Å². The number of piperidine rings is 2. The van der Waals surface area contributed by atoms with Crippen LogP contribution in [0, 0.1) is 0 Å². The van der Waals surface area contributed by atoms with Crippen LogP contribution in [0.4, 0.5) is 17.2 Å². The van der Waals surface area contributed by atoms with Crippen LogP contribution in [0.15, 0.2) is 79.0 Å². The highest BCUT2D eigenvalue weighted by Gasteiger charge is 2.46. The van der Waals surface area contributed by atoms with Crippen molar-refractivity contribution in [1.29, 1.82) is 0 Å². The SMILES string of the molecule is CC(Oc1cccc2c1C(=O)N(C1CCC(=O)NC1=O)C2=O)c1cn(CCCN2CCN(C(=O)CCN3CCN(c4ccc(N5CCC[C@H](Oc6cc(-c7ccccc7O)nnc6N)C5)cc4)CC3)CC2)nn1. The maximum Gasteiger partial charge on any atom is 0.266 e. The van der Waals surface area contributed by atoms with Crippen molar-refractivity contribution in [2.45, 2.75) is 70.2 Å². The van der Waals surface area contributed by atoms with Gasteiger partial charge in [-0.25, -0.2) is 0 Å². The lowest BCUT2D eigenvalue weighted by Gasteiger charge is -2.38. The van der Waals surface area contributed by atoms with Crippen molar-refractivity contribution in [1.82, 2.24) is 50.1 Å². The summed E-state index contributed by atoms with van der Waals surface area (Å²) in [5.74, 6) is -1.13. The molecule has 4 N–H and O–H groups in total. The number of nitrogens with zero attached hydrogens (tertiary/aromatic N) is 11. The third-order valence-electron chi connectivity index (χ3n) is 14.5. The number of para-hydroxylation sites is 1. The zero-order valence-corrected chi connectivity index (χ0v) is 41.0. The molecule has 7 heterocycles. The Bertz CT molecular complexity index is 2840. The van der Waals surface area contributed by atoms with Gasteiger partial charge in [0.05, 0.1) is 23.9 Å². The van der Waals surface area contributed by atoms with Crippen molar-refractivity contribution in [2.24, 2.45) is 0 Å². The summed E-state index contributed by atoms with van der Waals surface area (Å²) < 4.78 is 14.3. The summed E-state index contributed by atoms with van der Waals surface area (Å²) >= 11 is 0. The first-order chi connectivity index (χ1) is 35.4. The molecule has 3 aromatic carbocycles. The topological polar surface area (TPSA) is 238 Å². The Hall–Kier alpha value is -7.65. The molecule has 4 fully saturated rings. The van der Waals surface area contributed by atoms with E-state index in [1.807, 2.05) is 17.2 Å². The summed E-state index contributed by atoms with van der Waals surface area (Å²) in [6.07, 6.45) is 4.45. The van der Waals surface area contributed by atoms with E-state index in [1.165, 1.54) is 11.8 Å². The Morgan fingerprint density at radius 3 is 2.27 bits per heavy atom. The highest BCUT2D eigenvalue weighted by Crippen LogP contribution is 2.36. The Labute approximate surface area is 422 Å². The van der Waals surface area contributed by atoms with E-state index in [4.69, 9.17) is 15.2 Å². The van der Waals surface area contributed by atoms with Gasteiger partial charge in [-0.1, -0.05) is 23.4 Å². The Morgan fingerprint density at radius 1 is 0.781 bits per heavy atom. The monoisotopic (exact) mass is 995 g/mol. The summed E-state index contributed by atoms with van der Waals surface area (Å²) in [5.41, 5.74) is 10.4. The lowest BCUT2D eigenvalue weighted by molar-refractivity contribution is -0.136. The molecule has 73 heavy (non-hydrogen) atoms. The summed E-state index contributed by atoms with van der Waals surface area (Å²) in [7, 11) is 0. The first-order valence-electron chi connectivity index (χ1n) is 25.3. The number of ether oxygens (including phenoxy) is 2. The summed E-state index contributed by atoms with van der Waals surface area (Å²) in [6, 6.07) is 21.2.